The zero-order chi connectivity index (χ0) is 12.7. The van der Waals surface area contributed by atoms with Gasteiger partial charge in [-0.1, -0.05) is 13.0 Å². The van der Waals surface area contributed by atoms with Crippen LogP contribution in [0.2, 0.25) is 0 Å². The Kier molecular flexibility index (Phi) is 5.42. The van der Waals surface area contributed by atoms with E-state index in [1.807, 2.05) is 6.07 Å². The number of carbonyl (C=O) groups is 1. The van der Waals surface area contributed by atoms with Crippen molar-refractivity contribution in [2.75, 3.05) is 25.9 Å². The molecule has 5 heteroatoms. The number of hydrogen-bond donors (Lipinski definition) is 2. The molecule has 17 heavy (non-hydrogen) atoms. The predicted octanol–water partition coefficient (Wildman–Crippen LogP) is 0.622. The smallest absolute Gasteiger partial charge is 0.233 e. The molecule has 0 unspecified atom stereocenters. The third-order valence-corrected chi connectivity index (χ3v) is 2.44. The van der Waals surface area contributed by atoms with Crippen molar-refractivity contribution in [2.24, 2.45) is 0 Å². The third kappa shape index (κ3) is 4.82. The second-order valence-corrected chi connectivity index (χ2v) is 3.98. The van der Waals surface area contributed by atoms with Gasteiger partial charge in [-0.15, -0.1) is 0 Å². The molecular weight excluding hydrogens is 216 g/mol. The highest BCUT2D eigenvalue weighted by Crippen LogP contribution is 2.06. The van der Waals surface area contributed by atoms with Crippen molar-refractivity contribution in [3.8, 4) is 0 Å². The lowest BCUT2D eigenvalue weighted by atomic mass is 10.2. The lowest BCUT2D eigenvalue weighted by Gasteiger charge is -2.20. The van der Waals surface area contributed by atoms with E-state index < -0.39 is 0 Å². The number of nitrogen functional groups attached to an aromatic ring is 1. The normalized spacial score (nSPS) is 10.5. The fraction of sp³-hybridized carbons (Fsp3) is 0.500. The molecule has 0 atom stereocenters. The maximum Gasteiger partial charge on any atom is 0.233 e. The maximum atomic E-state index is 11.4. The SMILES string of the molecule is CCCN(CC(=O)NC)Cc1ccc(N)nc1. The Labute approximate surface area is 102 Å². The van der Waals surface area contributed by atoms with Gasteiger partial charge in [-0.2, -0.15) is 0 Å². The maximum absolute atomic E-state index is 11.4. The van der Waals surface area contributed by atoms with E-state index in [2.05, 4.69) is 22.1 Å². The van der Waals surface area contributed by atoms with E-state index in [1.165, 1.54) is 0 Å². The van der Waals surface area contributed by atoms with Crippen LogP contribution in [0.25, 0.3) is 0 Å². The van der Waals surface area contributed by atoms with Crippen LogP contribution in [-0.4, -0.2) is 35.9 Å². The summed E-state index contributed by atoms with van der Waals surface area (Å²) in [6.45, 7) is 4.11. The Morgan fingerprint density at radius 1 is 1.53 bits per heavy atom. The van der Waals surface area contributed by atoms with Crippen LogP contribution >= 0.6 is 0 Å². The fourth-order valence-corrected chi connectivity index (χ4v) is 1.60. The first kappa shape index (κ1) is 13.4. The lowest BCUT2D eigenvalue weighted by molar-refractivity contribution is -0.121. The summed E-state index contributed by atoms with van der Waals surface area (Å²) >= 11 is 0. The van der Waals surface area contributed by atoms with E-state index in [0.29, 0.717) is 18.9 Å². The summed E-state index contributed by atoms with van der Waals surface area (Å²) in [6, 6.07) is 3.72. The van der Waals surface area contributed by atoms with E-state index in [-0.39, 0.29) is 5.91 Å². The van der Waals surface area contributed by atoms with E-state index in [4.69, 9.17) is 5.73 Å². The van der Waals surface area contributed by atoms with Gasteiger partial charge in [0.25, 0.3) is 0 Å². The van der Waals surface area contributed by atoms with Crippen molar-refractivity contribution in [1.29, 1.82) is 0 Å². The highest BCUT2D eigenvalue weighted by Gasteiger charge is 2.09. The highest BCUT2D eigenvalue weighted by molar-refractivity contribution is 5.77. The molecule has 0 aliphatic rings. The van der Waals surface area contributed by atoms with Crippen LogP contribution in [0.5, 0.6) is 0 Å². The van der Waals surface area contributed by atoms with Crippen molar-refractivity contribution >= 4 is 11.7 Å². The monoisotopic (exact) mass is 236 g/mol. The van der Waals surface area contributed by atoms with Crippen molar-refractivity contribution in [2.45, 2.75) is 19.9 Å². The lowest BCUT2D eigenvalue weighted by Crippen LogP contribution is -2.35. The van der Waals surface area contributed by atoms with Crippen LogP contribution in [0.15, 0.2) is 18.3 Å². The molecule has 0 bridgehead atoms. The molecule has 0 aliphatic carbocycles. The molecule has 0 spiro atoms. The first-order valence-electron chi connectivity index (χ1n) is 5.79. The van der Waals surface area contributed by atoms with Crippen molar-refractivity contribution in [1.82, 2.24) is 15.2 Å². The molecule has 5 nitrogen and oxygen atoms in total. The number of amides is 1. The minimum atomic E-state index is 0.0295. The van der Waals surface area contributed by atoms with E-state index in [1.54, 1.807) is 19.3 Å². The average Bonchev–Trinajstić information content (AvgIpc) is 2.32. The molecule has 1 aromatic rings. The molecule has 0 aromatic carbocycles. The quantitative estimate of drug-likeness (QED) is 0.759. The average molecular weight is 236 g/mol. The van der Waals surface area contributed by atoms with Gasteiger partial charge in [-0.3, -0.25) is 9.69 Å². The number of hydrogen-bond acceptors (Lipinski definition) is 4. The largest absolute Gasteiger partial charge is 0.384 e. The third-order valence-electron chi connectivity index (χ3n) is 2.44. The van der Waals surface area contributed by atoms with Crippen LogP contribution in [0.1, 0.15) is 18.9 Å². The Morgan fingerprint density at radius 3 is 2.82 bits per heavy atom. The molecule has 3 N–H and O–H groups in total. The van der Waals surface area contributed by atoms with Gasteiger partial charge in [-0.25, -0.2) is 4.98 Å². The number of aromatic nitrogens is 1. The molecular formula is C12H20N4O. The summed E-state index contributed by atoms with van der Waals surface area (Å²) in [5.74, 6) is 0.545. The van der Waals surface area contributed by atoms with Crippen LogP contribution < -0.4 is 11.1 Å². The zero-order valence-corrected chi connectivity index (χ0v) is 10.4. The molecule has 0 saturated heterocycles. The molecule has 0 aliphatic heterocycles. The Bertz CT molecular complexity index is 350. The highest BCUT2D eigenvalue weighted by atomic mass is 16.1. The minimum Gasteiger partial charge on any atom is -0.384 e. The van der Waals surface area contributed by atoms with Crippen LogP contribution in [0, 0.1) is 0 Å². The number of pyridine rings is 1. The van der Waals surface area contributed by atoms with Crippen LogP contribution in [0.4, 0.5) is 5.82 Å². The van der Waals surface area contributed by atoms with Gasteiger partial charge < -0.3 is 11.1 Å². The molecule has 94 valence electrons. The summed E-state index contributed by atoms with van der Waals surface area (Å²) in [5, 5.41) is 2.63. The molecule has 0 radical (unpaired) electrons. The molecule has 1 amide bonds. The van der Waals surface area contributed by atoms with Gasteiger partial charge in [0, 0.05) is 19.8 Å². The van der Waals surface area contributed by atoms with Gasteiger partial charge in [0.2, 0.25) is 5.91 Å². The van der Waals surface area contributed by atoms with Crippen molar-refractivity contribution in [3.63, 3.8) is 0 Å². The number of likely N-dealkylation sites (N-methyl/N-ethyl adjacent to an activating group) is 1. The summed E-state index contributed by atoms with van der Waals surface area (Å²) in [6.07, 6.45) is 2.77. The van der Waals surface area contributed by atoms with Crippen molar-refractivity contribution in [3.05, 3.63) is 23.9 Å². The van der Waals surface area contributed by atoms with Gasteiger partial charge in [0.05, 0.1) is 6.54 Å². The molecule has 1 heterocycles. The number of nitrogens with two attached hydrogens (primary N) is 1. The molecule has 1 aromatic heterocycles. The summed E-state index contributed by atoms with van der Waals surface area (Å²) in [4.78, 5) is 17.5. The standard InChI is InChI=1S/C12H20N4O/c1-3-6-16(9-12(17)14-2)8-10-4-5-11(13)15-7-10/h4-5,7H,3,6,8-9H2,1-2H3,(H2,13,15)(H,14,17). The van der Waals surface area contributed by atoms with Gasteiger partial charge >= 0.3 is 0 Å². The fourth-order valence-electron chi connectivity index (χ4n) is 1.60. The molecule has 0 saturated carbocycles. The van der Waals surface area contributed by atoms with E-state index >= 15 is 0 Å². The van der Waals surface area contributed by atoms with Crippen LogP contribution in [-0.2, 0) is 11.3 Å². The van der Waals surface area contributed by atoms with Crippen LogP contribution in [0.3, 0.4) is 0 Å². The van der Waals surface area contributed by atoms with E-state index in [0.717, 1.165) is 18.5 Å². The number of carbonyl (C=O) groups excluding carboxylic acids is 1. The number of nitrogens with one attached hydrogen (secondary N) is 1. The zero-order valence-electron chi connectivity index (χ0n) is 10.4. The van der Waals surface area contributed by atoms with Gasteiger partial charge in [0.1, 0.15) is 5.82 Å². The van der Waals surface area contributed by atoms with Crippen molar-refractivity contribution < 1.29 is 4.79 Å². The van der Waals surface area contributed by atoms with Gasteiger partial charge in [-0.05, 0) is 24.6 Å². The number of anilines is 1. The second-order valence-electron chi connectivity index (χ2n) is 3.98. The predicted molar refractivity (Wildman–Crippen MR) is 68.3 cm³/mol. The first-order chi connectivity index (χ1) is 8.15. The second kappa shape index (κ2) is 6.85. The number of nitrogens with zero attached hydrogens (tertiary/aromatic N) is 2. The minimum absolute atomic E-state index is 0.0295. The molecule has 0 fully saturated rings. The number of rotatable bonds is 6. The van der Waals surface area contributed by atoms with Gasteiger partial charge in [0.15, 0.2) is 0 Å². The topological polar surface area (TPSA) is 71.2 Å². The van der Waals surface area contributed by atoms with E-state index in [9.17, 15) is 4.79 Å². The first-order valence-corrected chi connectivity index (χ1v) is 5.79. The molecule has 1 rings (SSSR count). The summed E-state index contributed by atoms with van der Waals surface area (Å²) < 4.78 is 0. The summed E-state index contributed by atoms with van der Waals surface area (Å²) in [7, 11) is 1.65. The Morgan fingerprint density at radius 2 is 2.29 bits per heavy atom. The Balaban J connectivity index is 2.59. The summed E-state index contributed by atoms with van der Waals surface area (Å²) in [5.41, 5.74) is 6.60. The Hall–Kier alpha value is -1.62.